The van der Waals surface area contributed by atoms with Crippen molar-refractivity contribution in [3.05, 3.63) is 111 Å². The van der Waals surface area contributed by atoms with Crippen LogP contribution in [-0.4, -0.2) is 15.7 Å². The molecule has 1 saturated carbocycles. The van der Waals surface area contributed by atoms with E-state index in [0.717, 1.165) is 65.1 Å². The Morgan fingerprint density at radius 3 is 2.41 bits per heavy atom. The third-order valence-corrected chi connectivity index (χ3v) is 7.06. The van der Waals surface area contributed by atoms with Crippen LogP contribution in [0.25, 0.3) is 16.8 Å². The average molecular weight is 490 g/mol. The fourth-order valence-corrected chi connectivity index (χ4v) is 4.84. The quantitative estimate of drug-likeness (QED) is 0.281. The number of benzene rings is 3. The van der Waals surface area contributed by atoms with Gasteiger partial charge in [0.05, 0.1) is 29.1 Å². The Balaban J connectivity index is 1.46. The highest BCUT2D eigenvalue weighted by atomic mass is 16.5. The normalized spacial score (nSPS) is 13.1. The van der Waals surface area contributed by atoms with E-state index in [0.29, 0.717) is 23.9 Å². The van der Waals surface area contributed by atoms with E-state index < -0.39 is 0 Å². The van der Waals surface area contributed by atoms with Crippen molar-refractivity contribution in [2.24, 2.45) is 0 Å². The second-order valence-electron chi connectivity index (χ2n) is 9.67. The largest absolute Gasteiger partial charge is 0.490 e. The Morgan fingerprint density at radius 2 is 1.76 bits per heavy atom. The molecule has 4 aromatic rings. The van der Waals surface area contributed by atoms with Crippen LogP contribution < -0.4 is 10.3 Å². The van der Waals surface area contributed by atoms with Crippen LogP contribution in [0.3, 0.4) is 0 Å². The van der Waals surface area contributed by atoms with Crippen LogP contribution in [0.4, 0.5) is 0 Å². The molecule has 37 heavy (non-hydrogen) atoms. The third-order valence-electron chi connectivity index (χ3n) is 7.06. The van der Waals surface area contributed by atoms with Crippen molar-refractivity contribution in [2.75, 3.05) is 0 Å². The van der Waals surface area contributed by atoms with E-state index in [1.165, 1.54) is 6.42 Å². The molecule has 0 unspecified atom stereocenters. The lowest BCUT2D eigenvalue weighted by Crippen LogP contribution is -2.28. The molecule has 3 aromatic carbocycles. The number of hydrogen-bond donors (Lipinski definition) is 0. The lowest BCUT2D eigenvalue weighted by atomic mass is 9.96. The van der Waals surface area contributed by atoms with Crippen LogP contribution in [-0.2, 0) is 12.8 Å². The smallest absolute Gasteiger partial charge is 0.261 e. The van der Waals surface area contributed by atoms with Gasteiger partial charge in [0.15, 0.2) is 0 Å². The van der Waals surface area contributed by atoms with E-state index in [4.69, 9.17) is 9.72 Å². The summed E-state index contributed by atoms with van der Waals surface area (Å²) in [7, 11) is 0. The lowest BCUT2D eigenvalue weighted by molar-refractivity contribution is 0.120. The van der Waals surface area contributed by atoms with Crippen molar-refractivity contribution in [3.8, 4) is 28.6 Å². The van der Waals surface area contributed by atoms with Crippen LogP contribution in [0.2, 0.25) is 0 Å². The minimum absolute atomic E-state index is 0.0255. The molecule has 0 amide bonds. The number of aromatic nitrogens is 2. The molecule has 0 N–H and O–H groups in total. The third kappa shape index (κ3) is 5.20. The zero-order valence-electron chi connectivity index (χ0n) is 21.4. The number of ether oxygens (including phenoxy) is 1. The first-order valence-corrected chi connectivity index (χ1v) is 13.0. The molecule has 5 nitrogen and oxygen atoms in total. The first-order chi connectivity index (χ1) is 18.1. The fourth-order valence-electron chi connectivity index (χ4n) is 4.84. The zero-order valence-corrected chi connectivity index (χ0v) is 21.4. The van der Waals surface area contributed by atoms with Gasteiger partial charge in [0.2, 0.25) is 0 Å². The molecule has 1 aliphatic carbocycles. The molecule has 186 valence electrons. The molecule has 1 aliphatic rings. The Labute approximate surface area is 218 Å². The van der Waals surface area contributed by atoms with Crippen molar-refractivity contribution in [3.63, 3.8) is 0 Å². The van der Waals surface area contributed by atoms with E-state index in [2.05, 4.69) is 13.0 Å². The maximum atomic E-state index is 13.8. The molecule has 0 aliphatic heterocycles. The molecule has 0 bridgehead atoms. The van der Waals surface area contributed by atoms with Gasteiger partial charge in [-0.25, -0.2) is 4.98 Å². The van der Waals surface area contributed by atoms with Gasteiger partial charge in [-0.15, -0.1) is 0 Å². The molecular formula is C32H31N3O2. The van der Waals surface area contributed by atoms with Gasteiger partial charge >= 0.3 is 0 Å². The summed E-state index contributed by atoms with van der Waals surface area (Å²) >= 11 is 0. The Kier molecular flexibility index (Phi) is 7.18. The van der Waals surface area contributed by atoms with Gasteiger partial charge in [0.25, 0.3) is 5.56 Å². The summed E-state index contributed by atoms with van der Waals surface area (Å²) in [5.74, 6) is 1.53. The molecule has 1 heterocycles. The summed E-state index contributed by atoms with van der Waals surface area (Å²) in [5, 5.41) is 9.45. The van der Waals surface area contributed by atoms with Crippen LogP contribution in [0.1, 0.15) is 60.8 Å². The van der Waals surface area contributed by atoms with E-state index >= 15 is 0 Å². The standard InChI is InChI=1S/C32H31N3O2/c1-3-7-31-30(20-23-12-14-24(15-13-23)29-11-5-4-8-25(29)21-33)32(36)35(22(2)34-31)26-16-18-28(19-17-26)37-27-9-6-10-27/h4-5,8,11-19,27H,3,6-7,9-10,20H2,1-2H3. The minimum atomic E-state index is -0.0255. The molecule has 1 aromatic heterocycles. The Morgan fingerprint density at radius 1 is 1.03 bits per heavy atom. The molecular weight excluding hydrogens is 458 g/mol. The van der Waals surface area contributed by atoms with Crippen LogP contribution >= 0.6 is 0 Å². The topological polar surface area (TPSA) is 67.9 Å². The Bertz CT molecular complexity index is 1490. The first kappa shape index (κ1) is 24.5. The van der Waals surface area contributed by atoms with Gasteiger partial charge in [0.1, 0.15) is 11.6 Å². The second kappa shape index (κ2) is 10.8. The van der Waals surface area contributed by atoms with Crippen LogP contribution in [0.15, 0.2) is 77.6 Å². The van der Waals surface area contributed by atoms with Crippen molar-refractivity contribution in [1.29, 1.82) is 5.26 Å². The number of hydrogen-bond acceptors (Lipinski definition) is 4. The predicted octanol–water partition coefficient (Wildman–Crippen LogP) is 6.55. The predicted molar refractivity (Wildman–Crippen MR) is 146 cm³/mol. The summed E-state index contributed by atoms with van der Waals surface area (Å²) in [6, 6.07) is 25.7. The van der Waals surface area contributed by atoms with Crippen molar-refractivity contribution in [2.45, 2.75) is 58.5 Å². The maximum absolute atomic E-state index is 13.8. The maximum Gasteiger partial charge on any atom is 0.261 e. The monoisotopic (exact) mass is 489 g/mol. The number of aryl methyl sites for hydroxylation is 2. The molecule has 0 atom stereocenters. The highest BCUT2D eigenvalue weighted by molar-refractivity contribution is 5.70. The molecule has 1 fully saturated rings. The van der Waals surface area contributed by atoms with Crippen molar-refractivity contribution < 1.29 is 4.74 Å². The molecule has 0 spiro atoms. The van der Waals surface area contributed by atoms with Gasteiger partial charge in [-0.1, -0.05) is 55.8 Å². The SMILES string of the molecule is CCCc1nc(C)n(-c2ccc(OC3CCC3)cc2)c(=O)c1Cc1ccc(-c2ccccc2C#N)cc1. The fraction of sp³-hybridized carbons (Fsp3) is 0.281. The summed E-state index contributed by atoms with van der Waals surface area (Å²) in [6.45, 7) is 4.00. The summed E-state index contributed by atoms with van der Waals surface area (Å²) in [4.78, 5) is 18.7. The van der Waals surface area contributed by atoms with E-state index in [1.54, 1.807) is 4.57 Å². The number of nitriles is 1. The molecule has 0 saturated heterocycles. The van der Waals surface area contributed by atoms with Gasteiger partial charge in [-0.05, 0) is 79.6 Å². The summed E-state index contributed by atoms with van der Waals surface area (Å²) < 4.78 is 7.70. The molecule has 5 heteroatoms. The number of nitrogens with zero attached hydrogens (tertiary/aromatic N) is 3. The highest BCUT2D eigenvalue weighted by Gasteiger charge is 2.20. The van der Waals surface area contributed by atoms with Gasteiger partial charge in [-0.3, -0.25) is 9.36 Å². The molecule has 5 rings (SSSR count). The van der Waals surface area contributed by atoms with E-state index in [1.807, 2.05) is 79.7 Å². The summed E-state index contributed by atoms with van der Waals surface area (Å²) in [6.07, 6.45) is 5.94. The van der Waals surface area contributed by atoms with Crippen LogP contribution in [0, 0.1) is 18.3 Å². The zero-order chi connectivity index (χ0) is 25.8. The van der Waals surface area contributed by atoms with E-state index in [-0.39, 0.29) is 5.56 Å². The second-order valence-corrected chi connectivity index (χ2v) is 9.67. The van der Waals surface area contributed by atoms with Gasteiger partial charge < -0.3 is 4.74 Å². The minimum Gasteiger partial charge on any atom is -0.490 e. The number of rotatable bonds is 8. The van der Waals surface area contributed by atoms with Crippen LogP contribution in [0.5, 0.6) is 5.75 Å². The average Bonchev–Trinajstić information content (AvgIpc) is 2.90. The van der Waals surface area contributed by atoms with Crippen molar-refractivity contribution >= 4 is 0 Å². The summed E-state index contributed by atoms with van der Waals surface area (Å²) in [5.41, 5.74) is 5.94. The van der Waals surface area contributed by atoms with Gasteiger partial charge in [-0.2, -0.15) is 5.26 Å². The van der Waals surface area contributed by atoms with E-state index in [9.17, 15) is 10.1 Å². The lowest BCUT2D eigenvalue weighted by Gasteiger charge is -2.26. The van der Waals surface area contributed by atoms with Gasteiger partial charge in [0, 0.05) is 12.0 Å². The first-order valence-electron chi connectivity index (χ1n) is 13.0. The Hall–Kier alpha value is -4.17. The molecule has 0 radical (unpaired) electrons. The highest BCUT2D eigenvalue weighted by Crippen LogP contribution is 2.27. The van der Waals surface area contributed by atoms with Crippen molar-refractivity contribution in [1.82, 2.24) is 9.55 Å².